The van der Waals surface area contributed by atoms with Gasteiger partial charge in [0, 0.05) is 5.54 Å². The molecule has 0 aromatic heterocycles. The second-order valence-corrected chi connectivity index (χ2v) is 5.08. The normalized spacial score (nSPS) is 20.8. The van der Waals surface area contributed by atoms with Crippen molar-refractivity contribution in [3.05, 3.63) is 0 Å². The Hall–Kier alpha value is -1.14. The number of nitrogens with two attached hydrogens (primary N) is 2. The number of ether oxygens (including phenoxy) is 1. The third-order valence-electron chi connectivity index (χ3n) is 3.34. The van der Waals surface area contributed by atoms with Crippen LogP contribution in [0.4, 0.5) is 4.79 Å². The summed E-state index contributed by atoms with van der Waals surface area (Å²) in [6, 6.07) is -0.868. The van der Waals surface area contributed by atoms with Crippen LogP contribution < -0.4 is 16.8 Å². The molecule has 0 saturated heterocycles. The second kappa shape index (κ2) is 6.70. The molecule has 1 aliphatic carbocycles. The van der Waals surface area contributed by atoms with E-state index in [0.29, 0.717) is 6.61 Å². The minimum atomic E-state index is -0.868. The molecule has 1 rings (SSSR count). The quantitative estimate of drug-likeness (QED) is 0.642. The first-order valence-corrected chi connectivity index (χ1v) is 6.44. The van der Waals surface area contributed by atoms with Crippen LogP contribution >= 0.6 is 0 Å². The van der Waals surface area contributed by atoms with Gasteiger partial charge in [-0.3, -0.25) is 10.1 Å². The standard InChI is InChI=1S/C12H23N3O3/c1-9(10(16)15-11(13)17)18-8-12(14)6-4-2-3-5-7-12/h9H,2-8,14H2,1H3,(H3,13,15,16,17). The molecule has 1 unspecified atom stereocenters. The molecule has 0 aromatic rings. The molecule has 0 spiro atoms. The predicted molar refractivity (Wildman–Crippen MR) is 67.8 cm³/mol. The lowest BCUT2D eigenvalue weighted by atomic mass is 9.92. The summed E-state index contributed by atoms with van der Waals surface area (Å²) < 4.78 is 5.46. The lowest BCUT2D eigenvalue weighted by molar-refractivity contribution is -0.131. The van der Waals surface area contributed by atoms with Crippen molar-refractivity contribution in [1.29, 1.82) is 0 Å². The zero-order valence-electron chi connectivity index (χ0n) is 10.9. The van der Waals surface area contributed by atoms with Crippen LogP contribution in [0.3, 0.4) is 0 Å². The van der Waals surface area contributed by atoms with Crippen LogP contribution in [0.5, 0.6) is 0 Å². The summed E-state index contributed by atoms with van der Waals surface area (Å²) in [6.07, 6.45) is 5.71. The summed E-state index contributed by atoms with van der Waals surface area (Å²) in [5.74, 6) is -0.528. The van der Waals surface area contributed by atoms with Crippen molar-refractivity contribution < 1.29 is 14.3 Å². The first-order valence-electron chi connectivity index (χ1n) is 6.44. The van der Waals surface area contributed by atoms with E-state index in [9.17, 15) is 9.59 Å². The largest absolute Gasteiger partial charge is 0.367 e. The third kappa shape index (κ3) is 5.01. The maximum Gasteiger partial charge on any atom is 0.318 e. The van der Waals surface area contributed by atoms with Crippen molar-refractivity contribution in [1.82, 2.24) is 5.32 Å². The first kappa shape index (κ1) is 14.9. The minimum absolute atomic E-state index is 0.334. The Bertz CT molecular complexity index is 299. The molecular weight excluding hydrogens is 234 g/mol. The van der Waals surface area contributed by atoms with Crippen LogP contribution in [0.1, 0.15) is 45.4 Å². The van der Waals surface area contributed by atoms with Gasteiger partial charge in [-0.05, 0) is 19.8 Å². The highest BCUT2D eigenvalue weighted by atomic mass is 16.5. The third-order valence-corrected chi connectivity index (χ3v) is 3.34. The van der Waals surface area contributed by atoms with Gasteiger partial charge >= 0.3 is 6.03 Å². The molecule has 3 amide bonds. The number of carbonyl (C=O) groups is 2. The molecule has 1 fully saturated rings. The van der Waals surface area contributed by atoms with E-state index in [2.05, 4.69) is 0 Å². The number of hydrogen-bond donors (Lipinski definition) is 3. The van der Waals surface area contributed by atoms with E-state index >= 15 is 0 Å². The van der Waals surface area contributed by atoms with Gasteiger partial charge in [0.05, 0.1) is 6.61 Å². The van der Waals surface area contributed by atoms with Gasteiger partial charge < -0.3 is 16.2 Å². The number of primary amides is 1. The fourth-order valence-corrected chi connectivity index (χ4v) is 2.17. The fourth-order valence-electron chi connectivity index (χ4n) is 2.17. The van der Waals surface area contributed by atoms with Crippen LogP contribution in [0.15, 0.2) is 0 Å². The maximum absolute atomic E-state index is 11.4. The van der Waals surface area contributed by atoms with Crippen molar-refractivity contribution >= 4 is 11.9 Å². The van der Waals surface area contributed by atoms with Gasteiger partial charge in [-0.1, -0.05) is 25.7 Å². The summed E-state index contributed by atoms with van der Waals surface area (Å²) >= 11 is 0. The minimum Gasteiger partial charge on any atom is -0.367 e. The molecule has 1 atom stereocenters. The van der Waals surface area contributed by atoms with Crippen LogP contribution in [-0.4, -0.2) is 30.2 Å². The topological polar surface area (TPSA) is 107 Å². The number of amides is 3. The van der Waals surface area contributed by atoms with Gasteiger partial charge in [0.25, 0.3) is 5.91 Å². The number of carbonyl (C=O) groups excluding carboxylic acids is 2. The van der Waals surface area contributed by atoms with Gasteiger partial charge in [-0.2, -0.15) is 0 Å². The molecule has 104 valence electrons. The molecule has 0 aromatic carbocycles. The van der Waals surface area contributed by atoms with Gasteiger partial charge in [-0.15, -0.1) is 0 Å². The Balaban J connectivity index is 2.38. The molecule has 18 heavy (non-hydrogen) atoms. The van der Waals surface area contributed by atoms with Crippen molar-refractivity contribution in [3.63, 3.8) is 0 Å². The van der Waals surface area contributed by atoms with Gasteiger partial charge in [0.2, 0.25) is 0 Å². The van der Waals surface area contributed by atoms with Crippen molar-refractivity contribution in [3.8, 4) is 0 Å². The zero-order valence-corrected chi connectivity index (χ0v) is 10.9. The number of imide groups is 1. The van der Waals surface area contributed by atoms with Crippen molar-refractivity contribution in [2.24, 2.45) is 11.5 Å². The highest BCUT2D eigenvalue weighted by Crippen LogP contribution is 2.25. The first-order chi connectivity index (χ1) is 8.43. The lowest BCUT2D eigenvalue weighted by Gasteiger charge is -2.29. The number of hydrogen-bond acceptors (Lipinski definition) is 4. The summed E-state index contributed by atoms with van der Waals surface area (Å²) in [7, 11) is 0. The highest BCUT2D eigenvalue weighted by Gasteiger charge is 2.28. The molecule has 0 aliphatic heterocycles. The molecule has 5 N–H and O–H groups in total. The Morgan fingerprint density at radius 2 is 1.83 bits per heavy atom. The molecule has 1 aliphatic rings. The Labute approximate surface area is 107 Å². The fraction of sp³-hybridized carbons (Fsp3) is 0.833. The molecule has 6 nitrogen and oxygen atoms in total. The Morgan fingerprint density at radius 3 is 2.33 bits per heavy atom. The van der Waals surface area contributed by atoms with E-state index in [0.717, 1.165) is 25.7 Å². The van der Waals surface area contributed by atoms with E-state index in [1.807, 2.05) is 5.32 Å². The number of rotatable bonds is 4. The van der Waals surface area contributed by atoms with Gasteiger partial charge in [-0.25, -0.2) is 4.79 Å². The monoisotopic (exact) mass is 257 g/mol. The lowest BCUT2D eigenvalue weighted by Crippen LogP contribution is -2.47. The van der Waals surface area contributed by atoms with E-state index in [4.69, 9.17) is 16.2 Å². The zero-order chi connectivity index (χ0) is 13.6. The molecule has 0 bridgehead atoms. The van der Waals surface area contributed by atoms with Crippen molar-refractivity contribution in [2.75, 3.05) is 6.61 Å². The van der Waals surface area contributed by atoms with Crippen LogP contribution in [-0.2, 0) is 9.53 Å². The van der Waals surface area contributed by atoms with Crippen LogP contribution in [0, 0.1) is 0 Å². The van der Waals surface area contributed by atoms with Crippen LogP contribution in [0.25, 0.3) is 0 Å². The molecule has 0 radical (unpaired) electrons. The van der Waals surface area contributed by atoms with E-state index in [1.165, 1.54) is 12.8 Å². The smallest absolute Gasteiger partial charge is 0.318 e. The van der Waals surface area contributed by atoms with Gasteiger partial charge in [0.1, 0.15) is 6.10 Å². The summed E-state index contributed by atoms with van der Waals surface area (Å²) in [5, 5.41) is 1.99. The number of urea groups is 1. The molecule has 0 heterocycles. The van der Waals surface area contributed by atoms with E-state index in [-0.39, 0.29) is 5.54 Å². The van der Waals surface area contributed by atoms with E-state index < -0.39 is 18.0 Å². The number of nitrogens with one attached hydrogen (secondary N) is 1. The molecule has 6 heteroatoms. The van der Waals surface area contributed by atoms with Gasteiger partial charge in [0.15, 0.2) is 0 Å². The SMILES string of the molecule is CC(OCC1(N)CCCCCC1)C(=O)NC(N)=O. The molecular formula is C12H23N3O3. The maximum atomic E-state index is 11.4. The summed E-state index contributed by atoms with van der Waals surface area (Å²) in [4.78, 5) is 22.0. The van der Waals surface area contributed by atoms with Crippen molar-refractivity contribution in [2.45, 2.75) is 57.1 Å². The Kier molecular flexibility index (Phi) is 5.55. The molecule has 1 saturated carbocycles. The van der Waals surface area contributed by atoms with E-state index in [1.54, 1.807) is 6.92 Å². The highest BCUT2D eigenvalue weighted by molar-refractivity contribution is 5.95. The second-order valence-electron chi connectivity index (χ2n) is 5.08. The van der Waals surface area contributed by atoms with Crippen LogP contribution in [0.2, 0.25) is 0 Å². The Morgan fingerprint density at radius 1 is 1.28 bits per heavy atom. The summed E-state index contributed by atoms with van der Waals surface area (Å²) in [5.41, 5.74) is 10.8. The predicted octanol–water partition coefficient (Wildman–Crippen LogP) is 0.638. The summed E-state index contributed by atoms with van der Waals surface area (Å²) in [6.45, 7) is 1.92. The average Bonchev–Trinajstić information content (AvgIpc) is 2.51. The average molecular weight is 257 g/mol.